The average molecular weight is 185 g/mol. The quantitative estimate of drug-likeness (QED) is 0.609. The van der Waals surface area contributed by atoms with Crippen LogP contribution in [0.15, 0.2) is 0 Å². The van der Waals surface area contributed by atoms with E-state index in [1.807, 2.05) is 0 Å². The zero-order valence-electron chi connectivity index (χ0n) is 7.53. The zero-order valence-corrected chi connectivity index (χ0v) is 7.53. The van der Waals surface area contributed by atoms with Crippen molar-refractivity contribution in [2.75, 3.05) is 0 Å². The van der Waals surface area contributed by atoms with Crippen molar-refractivity contribution >= 4 is 6.16 Å². The molecule has 0 spiro atoms. The van der Waals surface area contributed by atoms with Gasteiger partial charge in [-0.15, -0.1) is 0 Å². The SMILES string of the molecule is O=C(O)O[C@H]1C[C@H]2CCCC[C@H]2N1. The van der Waals surface area contributed by atoms with Crippen molar-refractivity contribution in [3.05, 3.63) is 0 Å². The number of hydrogen-bond acceptors (Lipinski definition) is 3. The van der Waals surface area contributed by atoms with Crippen LogP contribution < -0.4 is 5.32 Å². The monoisotopic (exact) mass is 185 g/mol. The van der Waals surface area contributed by atoms with Crippen LogP contribution in [-0.2, 0) is 4.74 Å². The predicted octanol–water partition coefficient (Wildman–Crippen LogP) is 1.56. The molecule has 0 amide bonds. The molecule has 2 fully saturated rings. The highest BCUT2D eigenvalue weighted by atomic mass is 16.7. The molecule has 0 aromatic heterocycles. The van der Waals surface area contributed by atoms with E-state index in [4.69, 9.17) is 9.84 Å². The summed E-state index contributed by atoms with van der Waals surface area (Å²) in [5, 5.41) is 11.7. The van der Waals surface area contributed by atoms with Crippen LogP contribution >= 0.6 is 0 Å². The lowest BCUT2D eigenvalue weighted by Crippen LogP contribution is -2.35. The fraction of sp³-hybridized carbons (Fsp3) is 0.889. The third-order valence-corrected chi connectivity index (χ3v) is 3.07. The topological polar surface area (TPSA) is 58.6 Å². The summed E-state index contributed by atoms with van der Waals surface area (Å²) < 4.78 is 4.71. The standard InChI is InChI=1S/C9H15NO3/c11-9(12)13-8-5-6-3-1-2-4-7(6)10-8/h6-8,10H,1-5H2,(H,11,12)/t6-,7-,8+/m1/s1. The second kappa shape index (κ2) is 3.54. The van der Waals surface area contributed by atoms with E-state index in [0.717, 1.165) is 6.42 Å². The molecule has 4 heteroatoms. The fourth-order valence-electron chi connectivity index (χ4n) is 2.49. The number of fused-ring (bicyclic) bond motifs is 1. The molecule has 0 aromatic carbocycles. The van der Waals surface area contributed by atoms with Crippen LogP contribution in [-0.4, -0.2) is 23.5 Å². The molecule has 0 aromatic rings. The van der Waals surface area contributed by atoms with E-state index < -0.39 is 6.16 Å². The van der Waals surface area contributed by atoms with Gasteiger partial charge in [-0.05, 0) is 18.8 Å². The minimum atomic E-state index is -1.17. The molecular weight excluding hydrogens is 170 g/mol. The largest absolute Gasteiger partial charge is 0.507 e. The van der Waals surface area contributed by atoms with Gasteiger partial charge >= 0.3 is 6.16 Å². The van der Waals surface area contributed by atoms with Crippen molar-refractivity contribution in [2.24, 2.45) is 5.92 Å². The van der Waals surface area contributed by atoms with Gasteiger partial charge in [0.05, 0.1) is 0 Å². The summed E-state index contributed by atoms with van der Waals surface area (Å²) in [6.45, 7) is 0. The Labute approximate surface area is 77.3 Å². The molecule has 1 saturated carbocycles. The molecule has 1 aliphatic heterocycles. The molecule has 1 heterocycles. The maximum absolute atomic E-state index is 10.3. The smallest absolute Gasteiger partial charge is 0.450 e. The minimum Gasteiger partial charge on any atom is -0.450 e. The van der Waals surface area contributed by atoms with Gasteiger partial charge < -0.3 is 9.84 Å². The molecular formula is C9H15NO3. The van der Waals surface area contributed by atoms with E-state index >= 15 is 0 Å². The normalized spacial score (nSPS) is 38.3. The van der Waals surface area contributed by atoms with Crippen LogP contribution in [0.5, 0.6) is 0 Å². The van der Waals surface area contributed by atoms with Gasteiger partial charge in [0.15, 0.2) is 6.23 Å². The van der Waals surface area contributed by atoms with E-state index in [1.165, 1.54) is 25.7 Å². The lowest BCUT2D eigenvalue weighted by molar-refractivity contribution is 0.0430. The molecule has 0 radical (unpaired) electrons. The van der Waals surface area contributed by atoms with E-state index in [2.05, 4.69) is 5.32 Å². The molecule has 74 valence electrons. The van der Waals surface area contributed by atoms with Gasteiger partial charge in [0.1, 0.15) is 0 Å². The predicted molar refractivity (Wildman–Crippen MR) is 46.4 cm³/mol. The number of rotatable bonds is 1. The highest BCUT2D eigenvalue weighted by molar-refractivity contribution is 5.57. The third-order valence-electron chi connectivity index (χ3n) is 3.07. The van der Waals surface area contributed by atoms with Crippen molar-refractivity contribution in [1.82, 2.24) is 5.32 Å². The molecule has 0 unspecified atom stereocenters. The lowest BCUT2D eigenvalue weighted by Gasteiger charge is -2.23. The Morgan fingerprint density at radius 2 is 2.15 bits per heavy atom. The van der Waals surface area contributed by atoms with Gasteiger partial charge in [-0.25, -0.2) is 4.79 Å². The van der Waals surface area contributed by atoms with Crippen molar-refractivity contribution in [2.45, 2.75) is 44.4 Å². The Bertz CT molecular complexity index is 193. The minimum absolute atomic E-state index is 0.259. The summed E-state index contributed by atoms with van der Waals surface area (Å²) in [4.78, 5) is 10.3. The number of nitrogens with one attached hydrogen (secondary N) is 1. The van der Waals surface area contributed by atoms with Crippen LogP contribution in [0.3, 0.4) is 0 Å². The zero-order chi connectivity index (χ0) is 9.26. The highest BCUT2D eigenvalue weighted by Crippen LogP contribution is 2.33. The van der Waals surface area contributed by atoms with Crippen LogP contribution in [0.2, 0.25) is 0 Å². The number of carboxylic acid groups (broad SMARTS) is 1. The summed E-state index contributed by atoms with van der Waals surface area (Å²) in [5.74, 6) is 0.637. The Hall–Kier alpha value is -0.770. The summed E-state index contributed by atoms with van der Waals surface area (Å²) in [5.41, 5.74) is 0. The first-order valence-electron chi connectivity index (χ1n) is 4.91. The van der Waals surface area contributed by atoms with E-state index in [0.29, 0.717) is 12.0 Å². The van der Waals surface area contributed by atoms with Crippen LogP contribution in [0.1, 0.15) is 32.1 Å². The third kappa shape index (κ3) is 1.94. The first kappa shape index (κ1) is 8.81. The second-order valence-electron chi connectivity index (χ2n) is 3.93. The van der Waals surface area contributed by atoms with Gasteiger partial charge in [-0.3, -0.25) is 5.32 Å². The van der Waals surface area contributed by atoms with E-state index in [1.54, 1.807) is 0 Å². The van der Waals surface area contributed by atoms with E-state index in [-0.39, 0.29) is 6.23 Å². The maximum atomic E-state index is 10.3. The molecule has 2 N–H and O–H groups in total. The summed E-state index contributed by atoms with van der Waals surface area (Å²) in [7, 11) is 0. The Balaban J connectivity index is 1.87. The Morgan fingerprint density at radius 3 is 2.85 bits per heavy atom. The number of hydrogen-bond donors (Lipinski definition) is 2. The molecule has 1 aliphatic carbocycles. The molecule has 1 saturated heterocycles. The van der Waals surface area contributed by atoms with Crippen LogP contribution in [0.4, 0.5) is 4.79 Å². The summed E-state index contributed by atoms with van der Waals surface area (Å²) in [6, 6.07) is 0.498. The first-order valence-corrected chi connectivity index (χ1v) is 4.91. The van der Waals surface area contributed by atoms with Gasteiger partial charge in [0, 0.05) is 12.5 Å². The van der Waals surface area contributed by atoms with Crippen molar-refractivity contribution < 1.29 is 14.6 Å². The molecule has 4 nitrogen and oxygen atoms in total. The first-order chi connectivity index (χ1) is 6.25. The number of ether oxygens (including phenoxy) is 1. The molecule has 2 rings (SSSR count). The molecule has 3 atom stereocenters. The Morgan fingerprint density at radius 1 is 1.38 bits per heavy atom. The maximum Gasteiger partial charge on any atom is 0.507 e. The highest BCUT2D eigenvalue weighted by Gasteiger charge is 2.36. The number of carbonyl (C=O) groups is 1. The van der Waals surface area contributed by atoms with Gasteiger partial charge in [0.25, 0.3) is 0 Å². The summed E-state index contributed by atoms with van der Waals surface area (Å²) in [6.07, 6.45) is 4.36. The van der Waals surface area contributed by atoms with Gasteiger partial charge in [-0.2, -0.15) is 0 Å². The average Bonchev–Trinajstić information content (AvgIpc) is 2.44. The van der Waals surface area contributed by atoms with Crippen LogP contribution in [0, 0.1) is 5.92 Å². The summed E-state index contributed by atoms with van der Waals surface area (Å²) >= 11 is 0. The molecule has 0 bridgehead atoms. The Kier molecular flexibility index (Phi) is 2.40. The molecule has 2 aliphatic rings. The lowest BCUT2D eigenvalue weighted by atomic mass is 9.85. The van der Waals surface area contributed by atoms with Crippen molar-refractivity contribution in [3.8, 4) is 0 Å². The van der Waals surface area contributed by atoms with Gasteiger partial charge in [0.2, 0.25) is 0 Å². The van der Waals surface area contributed by atoms with Crippen LogP contribution in [0.25, 0.3) is 0 Å². The van der Waals surface area contributed by atoms with Gasteiger partial charge in [-0.1, -0.05) is 12.8 Å². The van der Waals surface area contributed by atoms with Crippen molar-refractivity contribution in [1.29, 1.82) is 0 Å². The fourth-order valence-corrected chi connectivity index (χ4v) is 2.49. The van der Waals surface area contributed by atoms with Crippen molar-refractivity contribution in [3.63, 3.8) is 0 Å². The molecule has 13 heavy (non-hydrogen) atoms. The van der Waals surface area contributed by atoms with E-state index in [9.17, 15) is 4.79 Å². The second-order valence-corrected chi connectivity index (χ2v) is 3.93.